The molecule has 2 rings (SSSR count). The molecule has 0 spiro atoms. The number of thiophene rings is 1. The van der Waals surface area contributed by atoms with Crippen LogP contribution in [0.3, 0.4) is 0 Å². The molecule has 2 heterocycles. The third-order valence-electron chi connectivity index (χ3n) is 3.61. The highest BCUT2D eigenvalue weighted by Gasteiger charge is 2.33. The van der Waals surface area contributed by atoms with Crippen LogP contribution in [0.5, 0.6) is 0 Å². The molecule has 118 valence electrons. The molecule has 1 atom stereocenters. The molecule has 1 aromatic rings. The molecule has 5 nitrogen and oxygen atoms in total. The fraction of sp³-hybridized carbons (Fsp3) is 0.643. The van der Waals surface area contributed by atoms with Crippen molar-refractivity contribution in [2.45, 2.75) is 37.3 Å². The maximum atomic E-state index is 12.6. The second kappa shape index (κ2) is 6.89. The molecule has 1 N–H and O–H groups in total. The third-order valence-corrected chi connectivity index (χ3v) is 6.95. The molecule has 0 aliphatic carbocycles. The monoisotopic (exact) mass is 330 g/mol. The Morgan fingerprint density at radius 3 is 2.86 bits per heavy atom. The van der Waals surface area contributed by atoms with Crippen LogP contribution in [0.15, 0.2) is 16.3 Å². The van der Waals surface area contributed by atoms with Crippen LogP contribution in [-0.4, -0.2) is 38.3 Å². The van der Waals surface area contributed by atoms with Crippen LogP contribution in [0.2, 0.25) is 0 Å². The van der Waals surface area contributed by atoms with Gasteiger partial charge in [0.1, 0.15) is 4.21 Å². The summed E-state index contributed by atoms with van der Waals surface area (Å²) in [5.74, 6) is -0.264. The van der Waals surface area contributed by atoms with E-state index in [2.05, 4.69) is 5.32 Å². The summed E-state index contributed by atoms with van der Waals surface area (Å²) in [5, 5.41) is 2.86. The molecule has 1 saturated heterocycles. The topological polar surface area (TPSA) is 66.5 Å². The van der Waals surface area contributed by atoms with Crippen molar-refractivity contribution in [3.63, 3.8) is 0 Å². The van der Waals surface area contributed by atoms with Gasteiger partial charge in [0.05, 0.1) is 5.92 Å². The Balaban J connectivity index is 2.08. The van der Waals surface area contributed by atoms with E-state index in [9.17, 15) is 13.2 Å². The minimum absolute atomic E-state index is 0.0286. The fourth-order valence-corrected chi connectivity index (χ4v) is 5.41. The molecular formula is C14H22N2O3S2. The van der Waals surface area contributed by atoms with Gasteiger partial charge in [0.25, 0.3) is 10.0 Å². The molecule has 1 aliphatic heterocycles. The zero-order valence-corrected chi connectivity index (χ0v) is 14.1. The van der Waals surface area contributed by atoms with Crippen LogP contribution in [-0.2, 0) is 14.8 Å². The van der Waals surface area contributed by atoms with Gasteiger partial charge in [0.2, 0.25) is 5.91 Å². The molecule has 0 bridgehead atoms. The van der Waals surface area contributed by atoms with Crippen molar-refractivity contribution in [3.05, 3.63) is 17.0 Å². The highest BCUT2D eigenvalue weighted by molar-refractivity contribution is 7.91. The second-order valence-electron chi connectivity index (χ2n) is 5.36. The van der Waals surface area contributed by atoms with E-state index in [0.717, 1.165) is 24.1 Å². The number of amides is 1. The number of nitrogens with zero attached hydrogens (tertiary/aromatic N) is 1. The van der Waals surface area contributed by atoms with Crippen molar-refractivity contribution in [2.75, 3.05) is 19.6 Å². The van der Waals surface area contributed by atoms with E-state index in [1.165, 1.54) is 15.6 Å². The Hall–Kier alpha value is -0.920. The van der Waals surface area contributed by atoms with E-state index < -0.39 is 10.0 Å². The number of hydrogen-bond acceptors (Lipinski definition) is 4. The van der Waals surface area contributed by atoms with Gasteiger partial charge >= 0.3 is 0 Å². The van der Waals surface area contributed by atoms with Crippen LogP contribution in [0.1, 0.15) is 31.1 Å². The quantitative estimate of drug-likeness (QED) is 0.898. The SMILES string of the molecule is CCCNC(=O)[C@@H]1CCCN(S(=O)(=O)c2ccc(C)s2)C1. The molecule has 0 saturated carbocycles. The average Bonchev–Trinajstić information content (AvgIpc) is 2.92. The standard InChI is InChI=1S/C14H22N2O3S2/c1-3-8-15-14(17)12-5-4-9-16(10-12)21(18,19)13-7-6-11(2)20-13/h6-7,12H,3-5,8-10H2,1-2H3,(H,15,17)/t12-/m1/s1. The van der Waals surface area contributed by atoms with E-state index in [4.69, 9.17) is 0 Å². The highest BCUT2D eigenvalue weighted by atomic mass is 32.2. The van der Waals surface area contributed by atoms with Crippen LogP contribution in [0.25, 0.3) is 0 Å². The van der Waals surface area contributed by atoms with Crippen molar-refractivity contribution in [1.29, 1.82) is 0 Å². The van der Waals surface area contributed by atoms with Crippen LogP contribution < -0.4 is 5.32 Å². The normalized spacial score (nSPS) is 20.4. The first-order valence-corrected chi connectivity index (χ1v) is 9.55. The molecule has 0 unspecified atom stereocenters. The van der Waals surface area contributed by atoms with Crippen molar-refractivity contribution in [2.24, 2.45) is 5.92 Å². The van der Waals surface area contributed by atoms with Crippen LogP contribution in [0, 0.1) is 12.8 Å². The number of rotatable bonds is 5. The lowest BCUT2D eigenvalue weighted by molar-refractivity contribution is -0.126. The number of piperidine rings is 1. The van der Waals surface area contributed by atoms with E-state index >= 15 is 0 Å². The smallest absolute Gasteiger partial charge is 0.252 e. The summed E-state index contributed by atoms with van der Waals surface area (Å²) >= 11 is 1.28. The number of hydrogen-bond donors (Lipinski definition) is 1. The molecular weight excluding hydrogens is 308 g/mol. The van der Waals surface area contributed by atoms with E-state index in [0.29, 0.717) is 17.3 Å². The predicted octanol–water partition coefficient (Wildman–Crippen LogP) is 1.98. The van der Waals surface area contributed by atoms with Crippen molar-refractivity contribution >= 4 is 27.3 Å². The van der Waals surface area contributed by atoms with E-state index in [-0.39, 0.29) is 18.4 Å². The summed E-state index contributed by atoms with van der Waals surface area (Å²) in [6.07, 6.45) is 2.37. The van der Waals surface area contributed by atoms with Gasteiger partial charge in [-0.2, -0.15) is 4.31 Å². The van der Waals surface area contributed by atoms with Crippen LogP contribution in [0.4, 0.5) is 0 Å². The first kappa shape index (κ1) is 16.5. The van der Waals surface area contributed by atoms with Gasteiger partial charge in [-0.1, -0.05) is 6.92 Å². The second-order valence-corrected chi connectivity index (χ2v) is 8.81. The van der Waals surface area contributed by atoms with Gasteiger partial charge in [-0.05, 0) is 38.3 Å². The fourth-order valence-electron chi connectivity index (χ4n) is 2.45. The molecule has 1 amide bonds. The number of carbonyl (C=O) groups is 1. The van der Waals surface area contributed by atoms with Crippen molar-refractivity contribution in [3.8, 4) is 0 Å². The molecule has 0 radical (unpaired) electrons. The van der Waals surface area contributed by atoms with E-state index in [1.54, 1.807) is 6.07 Å². The van der Waals surface area contributed by atoms with E-state index in [1.807, 2.05) is 19.9 Å². The number of aryl methyl sites for hydroxylation is 1. The van der Waals surface area contributed by atoms with Gasteiger partial charge in [-0.25, -0.2) is 8.42 Å². The van der Waals surface area contributed by atoms with Crippen molar-refractivity contribution < 1.29 is 13.2 Å². The van der Waals surface area contributed by atoms with Gasteiger partial charge in [0, 0.05) is 24.5 Å². The van der Waals surface area contributed by atoms with Gasteiger partial charge in [-0.3, -0.25) is 4.79 Å². The van der Waals surface area contributed by atoms with Crippen LogP contribution >= 0.6 is 11.3 Å². The maximum Gasteiger partial charge on any atom is 0.252 e. The molecule has 0 aromatic carbocycles. The number of sulfonamides is 1. The Morgan fingerprint density at radius 2 is 2.24 bits per heavy atom. The lowest BCUT2D eigenvalue weighted by Gasteiger charge is -2.30. The minimum atomic E-state index is -3.46. The highest BCUT2D eigenvalue weighted by Crippen LogP contribution is 2.28. The average molecular weight is 330 g/mol. The van der Waals surface area contributed by atoms with Gasteiger partial charge in [-0.15, -0.1) is 11.3 Å². The zero-order chi connectivity index (χ0) is 15.5. The predicted molar refractivity (Wildman–Crippen MR) is 83.8 cm³/mol. The van der Waals surface area contributed by atoms with Gasteiger partial charge < -0.3 is 5.32 Å². The Morgan fingerprint density at radius 1 is 1.48 bits per heavy atom. The number of carbonyl (C=O) groups excluding carboxylic acids is 1. The summed E-state index contributed by atoms with van der Waals surface area (Å²) < 4.78 is 27.0. The molecule has 7 heteroatoms. The van der Waals surface area contributed by atoms with Gasteiger partial charge in [0.15, 0.2) is 0 Å². The Labute approximate surface area is 130 Å². The van der Waals surface area contributed by atoms with Crippen molar-refractivity contribution in [1.82, 2.24) is 9.62 Å². The lowest BCUT2D eigenvalue weighted by Crippen LogP contribution is -2.45. The maximum absolute atomic E-state index is 12.6. The summed E-state index contributed by atoms with van der Waals surface area (Å²) in [4.78, 5) is 13.0. The molecule has 1 fully saturated rings. The molecule has 1 aliphatic rings. The summed E-state index contributed by atoms with van der Waals surface area (Å²) in [5.41, 5.74) is 0. The Kier molecular flexibility index (Phi) is 5.40. The molecule has 1 aromatic heterocycles. The Bertz CT molecular complexity index is 595. The third kappa shape index (κ3) is 3.84. The first-order chi connectivity index (χ1) is 9.95. The largest absolute Gasteiger partial charge is 0.356 e. The lowest BCUT2D eigenvalue weighted by atomic mass is 9.99. The summed E-state index contributed by atoms with van der Waals surface area (Å²) in [6.45, 7) is 5.32. The first-order valence-electron chi connectivity index (χ1n) is 7.29. The molecule has 21 heavy (non-hydrogen) atoms. The minimum Gasteiger partial charge on any atom is -0.356 e. The summed E-state index contributed by atoms with van der Waals surface area (Å²) in [7, 11) is -3.46. The zero-order valence-electron chi connectivity index (χ0n) is 12.5. The number of nitrogens with one attached hydrogen (secondary N) is 1. The summed E-state index contributed by atoms with van der Waals surface area (Å²) in [6, 6.07) is 3.46.